The Balaban J connectivity index is 1.40. The zero-order valence-electron chi connectivity index (χ0n) is 15.2. The summed E-state index contributed by atoms with van der Waals surface area (Å²) in [5, 5.41) is 3.75. The van der Waals surface area contributed by atoms with Gasteiger partial charge in [-0.05, 0) is 49.7 Å². The third-order valence-corrected chi connectivity index (χ3v) is 6.03. The van der Waals surface area contributed by atoms with Crippen LogP contribution < -0.4 is 5.32 Å². The Labute approximate surface area is 150 Å². The fourth-order valence-electron chi connectivity index (χ4n) is 4.57. The van der Waals surface area contributed by atoms with E-state index in [1.807, 2.05) is 12.1 Å². The van der Waals surface area contributed by atoms with Crippen LogP contribution in [0, 0.1) is 11.8 Å². The molecule has 138 valence electrons. The summed E-state index contributed by atoms with van der Waals surface area (Å²) in [6.07, 6.45) is 10.4. The van der Waals surface area contributed by atoms with Gasteiger partial charge in [0.2, 0.25) is 0 Å². The Bertz CT molecular complexity index is 537. The molecule has 5 heteroatoms. The van der Waals surface area contributed by atoms with Gasteiger partial charge in [-0.3, -0.25) is 4.99 Å². The van der Waals surface area contributed by atoms with Crippen molar-refractivity contribution in [1.82, 2.24) is 10.2 Å². The highest BCUT2D eigenvalue weighted by molar-refractivity contribution is 5.80. The van der Waals surface area contributed by atoms with Gasteiger partial charge in [-0.1, -0.05) is 12.8 Å². The fraction of sp³-hybridized carbons (Fsp3) is 0.750. The summed E-state index contributed by atoms with van der Waals surface area (Å²) in [5.41, 5.74) is 0. The van der Waals surface area contributed by atoms with Crippen LogP contribution in [0.4, 0.5) is 0 Å². The fourth-order valence-corrected chi connectivity index (χ4v) is 4.57. The molecule has 2 saturated heterocycles. The molecule has 2 unspecified atom stereocenters. The third kappa shape index (κ3) is 4.38. The summed E-state index contributed by atoms with van der Waals surface area (Å²) in [6, 6.07) is 4.48. The number of rotatable bonds is 4. The molecule has 3 fully saturated rings. The Hall–Kier alpha value is -1.49. The molecule has 1 aromatic heterocycles. The molecule has 0 amide bonds. The molecule has 0 bridgehead atoms. The molecule has 1 aliphatic carbocycles. The first-order valence-corrected chi connectivity index (χ1v) is 10.0. The molecule has 1 saturated carbocycles. The van der Waals surface area contributed by atoms with Crippen LogP contribution in [0.5, 0.6) is 0 Å². The highest BCUT2D eigenvalue weighted by atomic mass is 16.5. The molecule has 2 aliphatic heterocycles. The van der Waals surface area contributed by atoms with Gasteiger partial charge in [0.05, 0.1) is 6.26 Å². The van der Waals surface area contributed by atoms with Gasteiger partial charge in [-0.2, -0.15) is 0 Å². The van der Waals surface area contributed by atoms with E-state index >= 15 is 0 Å². The van der Waals surface area contributed by atoms with E-state index in [2.05, 4.69) is 10.2 Å². The lowest BCUT2D eigenvalue weighted by molar-refractivity contribution is 0.0816. The van der Waals surface area contributed by atoms with E-state index in [1.165, 1.54) is 38.8 Å². The van der Waals surface area contributed by atoms with E-state index in [0.29, 0.717) is 6.04 Å². The molecule has 2 atom stereocenters. The van der Waals surface area contributed by atoms with Crippen LogP contribution in [-0.2, 0) is 11.2 Å². The number of aliphatic imine (C=N–C) groups is 1. The lowest BCUT2D eigenvalue weighted by Gasteiger charge is -2.29. The van der Waals surface area contributed by atoms with Crippen LogP contribution in [0.25, 0.3) is 0 Å². The molecule has 0 aromatic carbocycles. The van der Waals surface area contributed by atoms with Crippen molar-refractivity contribution in [2.75, 3.05) is 32.8 Å². The first-order valence-electron chi connectivity index (χ1n) is 10.0. The normalized spacial score (nSPS) is 28.2. The highest BCUT2D eigenvalue weighted by Crippen LogP contribution is 2.36. The monoisotopic (exact) mass is 345 g/mol. The predicted molar refractivity (Wildman–Crippen MR) is 98.7 cm³/mol. The van der Waals surface area contributed by atoms with Crippen molar-refractivity contribution < 1.29 is 9.15 Å². The second-order valence-electron chi connectivity index (χ2n) is 7.78. The average Bonchev–Trinajstić information content (AvgIpc) is 3.31. The van der Waals surface area contributed by atoms with Gasteiger partial charge in [0.1, 0.15) is 5.76 Å². The molecule has 0 spiro atoms. The standard InChI is InChI=1S/C20H31N3O2/c1-2-5-17-15-23(14-16(17)4-1)20(22-18-8-12-24-13-9-18)21-10-7-19-6-3-11-25-19/h3,6,11,16-18H,1-2,4-5,7-10,12-15H2,(H,21,22). The second kappa shape index (κ2) is 8.26. The SMILES string of the molecule is c1coc(CCN=C(NC2CCOCC2)N2CC3CCCCC3C2)c1. The zero-order chi connectivity index (χ0) is 16.9. The van der Waals surface area contributed by atoms with Crippen LogP contribution >= 0.6 is 0 Å². The van der Waals surface area contributed by atoms with Crippen LogP contribution in [0.1, 0.15) is 44.3 Å². The number of hydrogen-bond donors (Lipinski definition) is 1. The Morgan fingerprint density at radius 2 is 1.88 bits per heavy atom. The van der Waals surface area contributed by atoms with Crippen molar-refractivity contribution in [1.29, 1.82) is 0 Å². The molecule has 3 heterocycles. The van der Waals surface area contributed by atoms with Gasteiger partial charge in [0.25, 0.3) is 0 Å². The van der Waals surface area contributed by atoms with E-state index in [-0.39, 0.29) is 0 Å². The number of guanidine groups is 1. The molecule has 1 N–H and O–H groups in total. The third-order valence-electron chi connectivity index (χ3n) is 6.03. The maximum atomic E-state index is 5.51. The summed E-state index contributed by atoms with van der Waals surface area (Å²) in [4.78, 5) is 7.49. The summed E-state index contributed by atoms with van der Waals surface area (Å²) >= 11 is 0. The number of ether oxygens (including phenoxy) is 1. The van der Waals surface area contributed by atoms with Crippen molar-refractivity contribution in [2.45, 2.75) is 51.0 Å². The quantitative estimate of drug-likeness (QED) is 0.673. The Morgan fingerprint density at radius 3 is 2.56 bits per heavy atom. The molecule has 3 aliphatic rings. The first kappa shape index (κ1) is 17.0. The maximum Gasteiger partial charge on any atom is 0.194 e. The van der Waals surface area contributed by atoms with E-state index in [9.17, 15) is 0 Å². The van der Waals surface area contributed by atoms with Crippen molar-refractivity contribution in [3.05, 3.63) is 24.2 Å². The first-order chi connectivity index (χ1) is 12.4. The van der Waals surface area contributed by atoms with Gasteiger partial charge < -0.3 is 19.4 Å². The number of nitrogens with one attached hydrogen (secondary N) is 1. The minimum Gasteiger partial charge on any atom is -0.469 e. The van der Waals surface area contributed by atoms with Crippen LogP contribution in [0.2, 0.25) is 0 Å². The minimum absolute atomic E-state index is 0.499. The number of furan rings is 1. The summed E-state index contributed by atoms with van der Waals surface area (Å²) in [5.74, 6) is 3.89. The largest absolute Gasteiger partial charge is 0.469 e. The smallest absolute Gasteiger partial charge is 0.194 e. The van der Waals surface area contributed by atoms with Crippen molar-refractivity contribution in [3.63, 3.8) is 0 Å². The lowest BCUT2D eigenvalue weighted by Crippen LogP contribution is -2.47. The predicted octanol–water partition coefficient (Wildman–Crippen LogP) is 3.07. The molecule has 25 heavy (non-hydrogen) atoms. The van der Waals surface area contributed by atoms with Gasteiger partial charge in [-0.25, -0.2) is 0 Å². The molecular weight excluding hydrogens is 314 g/mol. The van der Waals surface area contributed by atoms with E-state index in [4.69, 9.17) is 14.1 Å². The minimum atomic E-state index is 0.499. The summed E-state index contributed by atoms with van der Waals surface area (Å²) in [6.45, 7) is 4.87. The zero-order valence-corrected chi connectivity index (χ0v) is 15.2. The van der Waals surface area contributed by atoms with E-state index in [1.54, 1.807) is 6.26 Å². The molecule has 5 nitrogen and oxygen atoms in total. The van der Waals surface area contributed by atoms with Crippen molar-refractivity contribution in [2.24, 2.45) is 16.8 Å². The van der Waals surface area contributed by atoms with E-state index < -0.39 is 0 Å². The van der Waals surface area contributed by atoms with Crippen LogP contribution in [-0.4, -0.2) is 49.7 Å². The average molecular weight is 345 g/mol. The van der Waals surface area contributed by atoms with Crippen molar-refractivity contribution >= 4 is 5.96 Å². The van der Waals surface area contributed by atoms with E-state index in [0.717, 1.165) is 62.6 Å². The summed E-state index contributed by atoms with van der Waals surface area (Å²) in [7, 11) is 0. The Morgan fingerprint density at radius 1 is 1.12 bits per heavy atom. The number of likely N-dealkylation sites (tertiary alicyclic amines) is 1. The van der Waals surface area contributed by atoms with Gasteiger partial charge in [0, 0.05) is 45.3 Å². The highest BCUT2D eigenvalue weighted by Gasteiger charge is 2.36. The molecule has 4 rings (SSSR count). The number of nitrogens with zero attached hydrogens (tertiary/aromatic N) is 2. The maximum absolute atomic E-state index is 5.51. The van der Waals surface area contributed by atoms with Crippen LogP contribution in [0.15, 0.2) is 27.8 Å². The molecule has 0 radical (unpaired) electrons. The van der Waals surface area contributed by atoms with Crippen LogP contribution in [0.3, 0.4) is 0 Å². The summed E-state index contributed by atoms with van der Waals surface area (Å²) < 4.78 is 11.0. The molecule has 1 aromatic rings. The number of hydrogen-bond acceptors (Lipinski definition) is 3. The number of fused-ring (bicyclic) bond motifs is 1. The molecular formula is C20H31N3O2. The van der Waals surface area contributed by atoms with Crippen molar-refractivity contribution in [3.8, 4) is 0 Å². The Kier molecular flexibility index (Phi) is 5.60. The lowest BCUT2D eigenvalue weighted by atomic mass is 9.82. The second-order valence-corrected chi connectivity index (χ2v) is 7.78. The van der Waals surface area contributed by atoms with Gasteiger partial charge in [0.15, 0.2) is 5.96 Å². The van der Waals surface area contributed by atoms with Gasteiger partial charge >= 0.3 is 0 Å². The topological polar surface area (TPSA) is 50.0 Å². The van der Waals surface area contributed by atoms with Gasteiger partial charge in [-0.15, -0.1) is 0 Å².